The predicted molar refractivity (Wildman–Crippen MR) is 112 cm³/mol. The third kappa shape index (κ3) is 4.75. The summed E-state index contributed by atoms with van der Waals surface area (Å²) in [6.45, 7) is 4.85. The molecule has 2 heterocycles. The zero-order valence-electron chi connectivity index (χ0n) is 16.0. The van der Waals surface area contributed by atoms with Crippen molar-refractivity contribution in [1.82, 2.24) is 10.2 Å². The van der Waals surface area contributed by atoms with E-state index in [1.807, 2.05) is 48.5 Å². The van der Waals surface area contributed by atoms with E-state index < -0.39 is 0 Å². The van der Waals surface area contributed by atoms with E-state index in [2.05, 4.69) is 15.5 Å². The fourth-order valence-corrected chi connectivity index (χ4v) is 4.87. The number of amides is 2. The molecule has 0 aliphatic carbocycles. The van der Waals surface area contributed by atoms with Crippen LogP contribution in [0.3, 0.4) is 0 Å². The van der Waals surface area contributed by atoms with E-state index >= 15 is 0 Å². The number of rotatable bonds is 5. The standard InChI is InChI=1S/C22H25N3O2S/c1-15(26)23-18-4-8-21(9-5-18)28-20-6-2-17(3-7-20)22(27)24-19-12-16-10-11-25(13-16)14-19/h2-9,16,19H,10-14H2,1H3,(H,23,26)(H,24,27)/t16-,19-/m1/s1. The summed E-state index contributed by atoms with van der Waals surface area (Å²) in [7, 11) is 0. The molecule has 1 unspecified atom stereocenters. The van der Waals surface area contributed by atoms with Crippen LogP contribution in [0.1, 0.15) is 30.1 Å². The Kier molecular flexibility index (Phi) is 5.69. The van der Waals surface area contributed by atoms with Gasteiger partial charge in [-0.25, -0.2) is 0 Å². The van der Waals surface area contributed by atoms with Crippen LogP contribution in [-0.2, 0) is 4.79 Å². The highest BCUT2D eigenvalue weighted by Crippen LogP contribution is 2.29. The molecule has 0 aromatic heterocycles. The van der Waals surface area contributed by atoms with Gasteiger partial charge in [-0.15, -0.1) is 0 Å². The van der Waals surface area contributed by atoms with Crippen LogP contribution < -0.4 is 10.6 Å². The number of anilines is 1. The number of hydrogen-bond acceptors (Lipinski definition) is 4. The van der Waals surface area contributed by atoms with E-state index in [1.54, 1.807) is 11.8 Å². The molecule has 2 aliphatic heterocycles. The van der Waals surface area contributed by atoms with Crippen LogP contribution in [0.25, 0.3) is 0 Å². The van der Waals surface area contributed by atoms with Crippen LogP contribution in [0, 0.1) is 5.92 Å². The van der Waals surface area contributed by atoms with Crippen molar-refractivity contribution in [3.05, 3.63) is 54.1 Å². The van der Waals surface area contributed by atoms with Gasteiger partial charge in [0.05, 0.1) is 0 Å². The maximum absolute atomic E-state index is 12.6. The Morgan fingerprint density at radius 1 is 1.00 bits per heavy atom. The molecule has 2 N–H and O–H groups in total. The van der Waals surface area contributed by atoms with Crippen molar-refractivity contribution in [2.75, 3.05) is 25.0 Å². The molecule has 28 heavy (non-hydrogen) atoms. The van der Waals surface area contributed by atoms with Gasteiger partial charge < -0.3 is 15.5 Å². The molecular formula is C22H25N3O2S. The molecule has 6 heteroatoms. The lowest BCUT2D eigenvalue weighted by molar-refractivity contribution is -0.114. The van der Waals surface area contributed by atoms with Crippen LogP contribution >= 0.6 is 11.8 Å². The second-order valence-electron chi connectivity index (χ2n) is 7.65. The van der Waals surface area contributed by atoms with E-state index in [0.717, 1.165) is 34.4 Å². The van der Waals surface area contributed by atoms with Crippen molar-refractivity contribution in [2.45, 2.75) is 35.6 Å². The summed E-state index contributed by atoms with van der Waals surface area (Å²) in [6.07, 6.45) is 2.37. The molecule has 0 radical (unpaired) electrons. The summed E-state index contributed by atoms with van der Waals surface area (Å²) in [5.74, 6) is 0.686. The molecule has 2 aromatic carbocycles. The normalized spacial score (nSPS) is 23.2. The summed E-state index contributed by atoms with van der Waals surface area (Å²) in [5, 5.41) is 5.97. The van der Waals surface area contributed by atoms with Crippen molar-refractivity contribution >= 4 is 29.3 Å². The van der Waals surface area contributed by atoms with E-state index in [0.29, 0.717) is 5.56 Å². The molecule has 2 amide bonds. The van der Waals surface area contributed by atoms with Gasteiger partial charge in [-0.3, -0.25) is 9.59 Å². The number of carbonyl (C=O) groups excluding carboxylic acids is 2. The minimum absolute atomic E-state index is 0.0173. The molecule has 5 nitrogen and oxygen atoms in total. The third-order valence-electron chi connectivity index (χ3n) is 5.33. The van der Waals surface area contributed by atoms with Crippen molar-refractivity contribution in [3.8, 4) is 0 Å². The van der Waals surface area contributed by atoms with Crippen LogP contribution in [0.15, 0.2) is 58.3 Å². The van der Waals surface area contributed by atoms with E-state index in [1.165, 1.54) is 26.4 Å². The summed E-state index contributed by atoms with van der Waals surface area (Å²) in [5.41, 5.74) is 1.50. The average Bonchev–Trinajstić information content (AvgIpc) is 3.02. The molecule has 3 atom stereocenters. The number of carbonyl (C=O) groups is 2. The lowest BCUT2D eigenvalue weighted by atomic mass is 9.96. The maximum Gasteiger partial charge on any atom is 0.251 e. The van der Waals surface area contributed by atoms with Crippen LogP contribution in [0.2, 0.25) is 0 Å². The van der Waals surface area contributed by atoms with Crippen LogP contribution in [-0.4, -0.2) is 42.4 Å². The molecule has 0 spiro atoms. The quantitative estimate of drug-likeness (QED) is 0.812. The van der Waals surface area contributed by atoms with Crippen molar-refractivity contribution in [1.29, 1.82) is 0 Å². The first-order valence-corrected chi connectivity index (χ1v) is 10.6. The van der Waals surface area contributed by atoms with E-state index in [-0.39, 0.29) is 17.9 Å². The molecule has 2 aromatic rings. The van der Waals surface area contributed by atoms with Gasteiger partial charge in [0.1, 0.15) is 0 Å². The molecule has 146 valence electrons. The number of nitrogens with one attached hydrogen (secondary N) is 2. The fraction of sp³-hybridized carbons (Fsp3) is 0.364. The highest BCUT2D eigenvalue weighted by molar-refractivity contribution is 7.99. The molecule has 0 saturated carbocycles. The Labute approximate surface area is 169 Å². The van der Waals surface area contributed by atoms with Gasteiger partial charge >= 0.3 is 0 Å². The monoisotopic (exact) mass is 395 g/mol. The number of benzene rings is 2. The van der Waals surface area contributed by atoms with Crippen LogP contribution in [0.5, 0.6) is 0 Å². The lowest BCUT2D eigenvalue weighted by Crippen LogP contribution is -2.47. The number of nitrogens with zero attached hydrogens (tertiary/aromatic N) is 1. The largest absolute Gasteiger partial charge is 0.348 e. The first-order chi connectivity index (χ1) is 13.5. The van der Waals surface area contributed by atoms with Crippen molar-refractivity contribution in [3.63, 3.8) is 0 Å². The van der Waals surface area contributed by atoms with Gasteiger partial charge in [0.2, 0.25) is 5.91 Å². The Hall–Kier alpha value is -2.31. The van der Waals surface area contributed by atoms with E-state index in [9.17, 15) is 9.59 Å². The van der Waals surface area contributed by atoms with Crippen molar-refractivity contribution < 1.29 is 9.59 Å². The van der Waals surface area contributed by atoms with Crippen molar-refractivity contribution in [2.24, 2.45) is 5.92 Å². The molecule has 2 saturated heterocycles. The zero-order chi connectivity index (χ0) is 19.5. The second-order valence-corrected chi connectivity index (χ2v) is 8.80. The molecular weight excluding hydrogens is 370 g/mol. The maximum atomic E-state index is 12.6. The van der Waals surface area contributed by atoms with Gasteiger partial charge in [-0.1, -0.05) is 11.8 Å². The van der Waals surface area contributed by atoms with Gasteiger partial charge in [0.15, 0.2) is 0 Å². The Morgan fingerprint density at radius 3 is 2.32 bits per heavy atom. The Morgan fingerprint density at radius 2 is 1.68 bits per heavy atom. The Bertz CT molecular complexity index is 839. The Balaban J connectivity index is 1.33. The van der Waals surface area contributed by atoms with Gasteiger partial charge in [0.25, 0.3) is 5.91 Å². The highest BCUT2D eigenvalue weighted by atomic mass is 32.2. The minimum Gasteiger partial charge on any atom is -0.348 e. The molecule has 2 fully saturated rings. The predicted octanol–water partition coefficient (Wildman–Crippen LogP) is 3.62. The minimum atomic E-state index is -0.0765. The zero-order valence-corrected chi connectivity index (χ0v) is 16.8. The number of hydrogen-bond donors (Lipinski definition) is 2. The molecule has 4 rings (SSSR count). The summed E-state index contributed by atoms with van der Waals surface area (Å²) in [4.78, 5) is 28.3. The topological polar surface area (TPSA) is 61.4 Å². The molecule has 2 bridgehead atoms. The first-order valence-electron chi connectivity index (χ1n) is 9.74. The van der Waals surface area contributed by atoms with Gasteiger partial charge in [0, 0.05) is 47.1 Å². The lowest BCUT2D eigenvalue weighted by Gasteiger charge is -2.30. The third-order valence-corrected chi connectivity index (χ3v) is 6.34. The first kappa shape index (κ1) is 19.0. The smallest absolute Gasteiger partial charge is 0.251 e. The molecule has 2 aliphatic rings. The SMILES string of the molecule is CC(=O)Nc1ccc(Sc2ccc(C(=O)N[C@@H]3C[C@H]4CCN(C4)C3)cc2)cc1. The van der Waals surface area contributed by atoms with E-state index in [4.69, 9.17) is 0 Å². The second kappa shape index (κ2) is 8.37. The fourth-order valence-electron chi connectivity index (χ4n) is 4.05. The highest BCUT2D eigenvalue weighted by Gasteiger charge is 2.32. The summed E-state index contributed by atoms with van der Waals surface area (Å²) < 4.78 is 0. The summed E-state index contributed by atoms with van der Waals surface area (Å²) >= 11 is 1.63. The van der Waals surface area contributed by atoms with Gasteiger partial charge in [-0.2, -0.15) is 0 Å². The van der Waals surface area contributed by atoms with Crippen LogP contribution in [0.4, 0.5) is 5.69 Å². The van der Waals surface area contributed by atoms with Gasteiger partial charge in [-0.05, 0) is 73.8 Å². The average molecular weight is 396 g/mol. The number of fused-ring (bicyclic) bond motifs is 2. The number of piperidine rings is 1. The summed E-state index contributed by atoms with van der Waals surface area (Å²) in [6, 6.07) is 15.7.